The molecule has 0 atom stereocenters. The van der Waals surface area contributed by atoms with Crippen LogP contribution in [0, 0.1) is 6.92 Å². The molecule has 0 unspecified atom stereocenters. The van der Waals surface area contributed by atoms with Gasteiger partial charge in [-0.2, -0.15) is 5.10 Å². The maximum absolute atomic E-state index is 11.2. The fourth-order valence-electron chi connectivity index (χ4n) is 2.02. The van der Waals surface area contributed by atoms with Gasteiger partial charge >= 0.3 is 5.97 Å². The molecule has 0 aliphatic carbocycles. The van der Waals surface area contributed by atoms with Gasteiger partial charge in [0.15, 0.2) is 11.5 Å². The van der Waals surface area contributed by atoms with Gasteiger partial charge in [-0.05, 0) is 42.8 Å². The molecule has 1 N–H and O–H groups in total. The first-order chi connectivity index (χ1) is 10.1. The van der Waals surface area contributed by atoms with Crippen LogP contribution in [0.3, 0.4) is 0 Å². The Morgan fingerprint density at radius 3 is 2.57 bits per heavy atom. The number of nitrogens with zero attached hydrogens (tertiary/aromatic N) is 4. The van der Waals surface area contributed by atoms with Crippen LogP contribution in [-0.2, 0) is 0 Å². The number of pyridine rings is 2. The first kappa shape index (κ1) is 13.0. The van der Waals surface area contributed by atoms with E-state index in [2.05, 4.69) is 15.1 Å². The number of rotatable bonds is 3. The van der Waals surface area contributed by atoms with Crippen molar-refractivity contribution in [1.29, 1.82) is 0 Å². The van der Waals surface area contributed by atoms with E-state index in [-0.39, 0.29) is 5.69 Å². The van der Waals surface area contributed by atoms with Gasteiger partial charge in [0.25, 0.3) is 0 Å². The standard InChI is InChI=1S/C15H12N4O2/c1-10-2-7-17-14(8-10)19-13(9-12(18-19)15(20)21)11-3-5-16-6-4-11/h2-9H,1H3,(H,20,21). The zero-order valence-corrected chi connectivity index (χ0v) is 11.3. The molecule has 0 aromatic carbocycles. The second-order valence-corrected chi connectivity index (χ2v) is 4.56. The normalized spacial score (nSPS) is 10.5. The average molecular weight is 280 g/mol. The van der Waals surface area contributed by atoms with E-state index < -0.39 is 5.97 Å². The number of aryl methyl sites for hydroxylation is 1. The number of carbonyl (C=O) groups is 1. The Balaban J connectivity index is 2.21. The van der Waals surface area contributed by atoms with Crippen molar-refractivity contribution in [1.82, 2.24) is 19.7 Å². The maximum atomic E-state index is 11.2. The highest BCUT2D eigenvalue weighted by Gasteiger charge is 2.16. The van der Waals surface area contributed by atoms with Crippen molar-refractivity contribution in [3.8, 4) is 17.1 Å². The SMILES string of the molecule is Cc1ccnc(-n2nc(C(=O)O)cc2-c2ccncc2)c1. The van der Waals surface area contributed by atoms with Crippen LogP contribution < -0.4 is 0 Å². The van der Waals surface area contributed by atoms with E-state index in [1.807, 2.05) is 19.1 Å². The molecule has 6 nitrogen and oxygen atoms in total. The second kappa shape index (κ2) is 5.16. The van der Waals surface area contributed by atoms with E-state index in [1.54, 1.807) is 30.7 Å². The van der Waals surface area contributed by atoms with Gasteiger partial charge in [0.2, 0.25) is 0 Å². The lowest BCUT2D eigenvalue weighted by Crippen LogP contribution is -2.04. The third kappa shape index (κ3) is 2.51. The van der Waals surface area contributed by atoms with Crippen LogP contribution in [-0.4, -0.2) is 30.8 Å². The Labute approximate surface area is 120 Å². The largest absolute Gasteiger partial charge is 0.476 e. The highest BCUT2D eigenvalue weighted by atomic mass is 16.4. The predicted molar refractivity (Wildman–Crippen MR) is 76.3 cm³/mol. The molecule has 0 aliphatic rings. The van der Waals surface area contributed by atoms with E-state index in [4.69, 9.17) is 5.11 Å². The van der Waals surface area contributed by atoms with E-state index in [1.165, 1.54) is 10.7 Å². The minimum atomic E-state index is -1.07. The number of hydrogen-bond acceptors (Lipinski definition) is 4. The molecule has 0 fully saturated rings. The summed E-state index contributed by atoms with van der Waals surface area (Å²) in [5.74, 6) is -0.494. The lowest BCUT2D eigenvalue weighted by molar-refractivity contribution is 0.0690. The van der Waals surface area contributed by atoms with E-state index in [0.29, 0.717) is 11.5 Å². The topological polar surface area (TPSA) is 80.9 Å². The third-order valence-corrected chi connectivity index (χ3v) is 3.02. The molecule has 0 saturated carbocycles. The van der Waals surface area contributed by atoms with Crippen molar-refractivity contribution < 1.29 is 9.90 Å². The summed E-state index contributed by atoms with van der Waals surface area (Å²) in [5.41, 5.74) is 2.49. The van der Waals surface area contributed by atoms with Crippen LogP contribution in [0.15, 0.2) is 48.9 Å². The van der Waals surface area contributed by atoms with Crippen molar-refractivity contribution in [3.05, 3.63) is 60.2 Å². The fraction of sp³-hybridized carbons (Fsp3) is 0.0667. The van der Waals surface area contributed by atoms with Gasteiger partial charge in [0, 0.05) is 24.2 Å². The number of carboxylic acids is 1. The van der Waals surface area contributed by atoms with Gasteiger partial charge in [-0.15, -0.1) is 0 Å². The first-order valence-corrected chi connectivity index (χ1v) is 6.32. The van der Waals surface area contributed by atoms with Gasteiger partial charge < -0.3 is 5.11 Å². The molecule has 0 radical (unpaired) electrons. The molecule has 21 heavy (non-hydrogen) atoms. The molecule has 104 valence electrons. The Bertz CT molecular complexity index is 796. The fourth-order valence-corrected chi connectivity index (χ4v) is 2.02. The molecule has 3 heterocycles. The number of aromatic nitrogens is 4. The van der Waals surface area contributed by atoms with Crippen molar-refractivity contribution in [2.24, 2.45) is 0 Å². The Morgan fingerprint density at radius 2 is 1.90 bits per heavy atom. The smallest absolute Gasteiger partial charge is 0.356 e. The summed E-state index contributed by atoms with van der Waals surface area (Å²) in [7, 11) is 0. The highest BCUT2D eigenvalue weighted by Crippen LogP contribution is 2.23. The summed E-state index contributed by atoms with van der Waals surface area (Å²) in [6, 6.07) is 8.85. The number of aromatic carboxylic acids is 1. The maximum Gasteiger partial charge on any atom is 0.356 e. The van der Waals surface area contributed by atoms with Gasteiger partial charge in [-0.3, -0.25) is 4.98 Å². The summed E-state index contributed by atoms with van der Waals surface area (Å²) in [6.45, 7) is 1.94. The van der Waals surface area contributed by atoms with Gasteiger partial charge in [0.05, 0.1) is 5.69 Å². The summed E-state index contributed by atoms with van der Waals surface area (Å²) in [4.78, 5) is 19.4. The molecule has 3 aromatic heterocycles. The third-order valence-electron chi connectivity index (χ3n) is 3.02. The van der Waals surface area contributed by atoms with Crippen LogP contribution in [0.2, 0.25) is 0 Å². The molecule has 3 aromatic rings. The Hall–Kier alpha value is -3.02. The van der Waals surface area contributed by atoms with Crippen LogP contribution >= 0.6 is 0 Å². The summed E-state index contributed by atoms with van der Waals surface area (Å²) >= 11 is 0. The quantitative estimate of drug-likeness (QED) is 0.796. The molecule has 0 spiro atoms. The lowest BCUT2D eigenvalue weighted by Gasteiger charge is -2.06. The Morgan fingerprint density at radius 1 is 1.14 bits per heavy atom. The van der Waals surface area contributed by atoms with Crippen molar-refractivity contribution in [3.63, 3.8) is 0 Å². The lowest BCUT2D eigenvalue weighted by atomic mass is 10.2. The monoisotopic (exact) mass is 280 g/mol. The van der Waals surface area contributed by atoms with Crippen molar-refractivity contribution in [2.45, 2.75) is 6.92 Å². The van der Waals surface area contributed by atoms with Crippen molar-refractivity contribution in [2.75, 3.05) is 0 Å². The molecule has 6 heteroatoms. The van der Waals surface area contributed by atoms with Gasteiger partial charge in [-0.1, -0.05) is 0 Å². The number of hydrogen-bond donors (Lipinski definition) is 1. The molecule has 0 amide bonds. The minimum absolute atomic E-state index is 0.0230. The van der Waals surface area contributed by atoms with E-state index in [0.717, 1.165) is 11.1 Å². The minimum Gasteiger partial charge on any atom is -0.476 e. The van der Waals surface area contributed by atoms with Gasteiger partial charge in [-0.25, -0.2) is 14.5 Å². The summed E-state index contributed by atoms with van der Waals surface area (Å²) in [5, 5.41) is 13.3. The van der Waals surface area contributed by atoms with Crippen LogP contribution in [0.4, 0.5) is 0 Å². The van der Waals surface area contributed by atoms with E-state index in [9.17, 15) is 4.79 Å². The number of carboxylic acid groups (broad SMARTS) is 1. The molecule has 0 saturated heterocycles. The molecular formula is C15H12N4O2. The van der Waals surface area contributed by atoms with Crippen LogP contribution in [0.25, 0.3) is 17.1 Å². The zero-order chi connectivity index (χ0) is 14.8. The summed E-state index contributed by atoms with van der Waals surface area (Å²) in [6.07, 6.45) is 4.97. The summed E-state index contributed by atoms with van der Waals surface area (Å²) < 4.78 is 1.53. The van der Waals surface area contributed by atoms with Crippen LogP contribution in [0.1, 0.15) is 16.1 Å². The molecular weight excluding hydrogens is 268 g/mol. The first-order valence-electron chi connectivity index (χ1n) is 6.32. The van der Waals surface area contributed by atoms with Crippen molar-refractivity contribution >= 4 is 5.97 Å². The highest BCUT2D eigenvalue weighted by molar-refractivity contribution is 5.87. The van der Waals surface area contributed by atoms with Crippen LogP contribution in [0.5, 0.6) is 0 Å². The Kier molecular flexibility index (Phi) is 3.19. The van der Waals surface area contributed by atoms with E-state index >= 15 is 0 Å². The predicted octanol–water partition coefficient (Wildman–Crippen LogP) is 2.34. The zero-order valence-electron chi connectivity index (χ0n) is 11.3. The second-order valence-electron chi connectivity index (χ2n) is 4.56. The average Bonchev–Trinajstić information content (AvgIpc) is 2.93. The molecule has 0 bridgehead atoms. The van der Waals surface area contributed by atoms with Gasteiger partial charge in [0.1, 0.15) is 0 Å². The molecule has 3 rings (SSSR count). The molecule has 0 aliphatic heterocycles.